The largest absolute Gasteiger partial charge is 0.346 e. The summed E-state index contributed by atoms with van der Waals surface area (Å²) in [6, 6.07) is 5.03. The summed E-state index contributed by atoms with van der Waals surface area (Å²) in [6.45, 7) is 0.430. The summed E-state index contributed by atoms with van der Waals surface area (Å²) in [4.78, 5) is 16.8. The summed E-state index contributed by atoms with van der Waals surface area (Å²) in [6.07, 6.45) is 0. The third kappa shape index (κ3) is 3.45. The normalized spacial score (nSPS) is 10.4. The second-order valence-electron chi connectivity index (χ2n) is 3.38. The molecule has 94 valence electrons. The van der Waals surface area contributed by atoms with E-state index in [1.807, 2.05) is 11.4 Å². The Labute approximate surface area is 126 Å². The first-order chi connectivity index (χ1) is 8.56. The van der Waals surface area contributed by atoms with Crippen molar-refractivity contribution in [3.8, 4) is 0 Å². The Morgan fingerprint density at radius 1 is 1.44 bits per heavy atom. The van der Waals surface area contributed by atoms with Crippen LogP contribution in [0.5, 0.6) is 0 Å². The van der Waals surface area contributed by atoms with Crippen LogP contribution in [0.4, 0.5) is 0 Å². The Morgan fingerprint density at radius 2 is 2.22 bits per heavy atom. The number of amides is 1. The molecule has 1 N–H and O–H groups in total. The molecule has 0 atom stereocenters. The number of hydrogen-bond donors (Lipinski definition) is 1. The van der Waals surface area contributed by atoms with Crippen LogP contribution in [0.15, 0.2) is 28.1 Å². The summed E-state index contributed by atoms with van der Waals surface area (Å²) in [7, 11) is 0. The number of rotatable bonds is 3. The van der Waals surface area contributed by atoms with E-state index in [0.29, 0.717) is 6.54 Å². The van der Waals surface area contributed by atoms with Gasteiger partial charge in [0.2, 0.25) is 0 Å². The van der Waals surface area contributed by atoms with Crippen LogP contribution in [0, 0.1) is 0 Å². The number of hydrogen-bond acceptors (Lipinski definition) is 3. The number of nitrogens with zero attached hydrogens (tertiary/aromatic N) is 1. The monoisotopic (exact) mass is 364 g/mol. The number of nitrogens with one attached hydrogen (secondary N) is 1. The van der Waals surface area contributed by atoms with E-state index >= 15 is 0 Å². The highest BCUT2D eigenvalue weighted by atomic mass is 79.9. The van der Waals surface area contributed by atoms with Crippen molar-refractivity contribution < 1.29 is 4.79 Å². The highest BCUT2D eigenvalue weighted by Crippen LogP contribution is 2.20. The zero-order valence-electron chi connectivity index (χ0n) is 8.91. The molecular weight excluding hydrogens is 359 g/mol. The van der Waals surface area contributed by atoms with E-state index in [4.69, 9.17) is 23.2 Å². The minimum absolute atomic E-state index is 0.139. The molecule has 7 heteroatoms. The summed E-state index contributed by atoms with van der Waals surface area (Å²) in [5, 5.41) is 5.21. The number of aromatic nitrogens is 1. The maximum absolute atomic E-state index is 11.9. The van der Waals surface area contributed by atoms with Gasteiger partial charge in [0, 0.05) is 14.7 Å². The fourth-order valence-corrected chi connectivity index (χ4v) is 3.00. The number of carbonyl (C=O) groups excluding carboxylic acids is 1. The summed E-state index contributed by atoms with van der Waals surface area (Å²) < 4.78 is 0.996. The molecule has 2 heterocycles. The maximum Gasteiger partial charge on any atom is 0.271 e. The van der Waals surface area contributed by atoms with E-state index in [2.05, 4.69) is 26.2 Å². The van der Waals surface area contributed by atoms with E-state index < -0.39 is 0 Å². The second kappa shape index (κ2) is 6.02. The predicted octanol–water partition coefficient (Wildman–Crippen LogP) is 4.14. The molecule has 0 aliphatic heterocycles. The number of carbonyl (C=O) groups is 1. The van der Waals surface area contributed by atoms with Gasteiger partial charge in [0.1, 0.15) is 10.8 Å². The molecule has 3 nitrogen and oxygen atoms in total. The molecule has 0 saturated carbocycles. The van der Waals surface area contributed by atoms with E-state index in [1.54, 1.807) is 17.4 Å². The lowest BCUT2D eigenvalue weighted by atomic mass is 10.3. The molecule has 2 rings (SSSR count). The van der Waals surface area contributed by atoms with Crippen LogP contribution in [0.3, 0.4) is 0 Å². The second-order valence-corrected chi connectivity index (χ2v) is 6.08. The van der Waals surface area contributed by atoms with Crippen molar-refractivity contribution in [2.75, 3.05) is 0 Å². The van der Waals surface area contributed by atoms with Crippen LogP contribution >= 0.6 is 50.5 Å². The van der Waals surface area contributed by atoms with Crippen molar-refractivity contribution in [2.24, 2.45) is 0 Å². The van der Waals surface area contributed by atoms with E-state index in [9.17, 15) is 4.79 Å². The first-order valence-electron chi connectivity index (χ1n) is 4.89. The SMILES string of the molecule is O=C(NCc1cc(Br)cs1)c1nc(Cl)ccc1Cl. The van der Waals surface area contributed by atoms with Crippen LogP contribution in [0.1, 0.15) is 15.4 Å². The minimum atomic E-state index is -0.341. The summed E-state index contributed by atoms with van der Waals surface area (Å²) >= 11 is 16.5. The molecule has 0 aliphatic rings. The van der Waals surface area contributed by atoms with Crippen molar-refractivity contribution >= 4 is 56.4 Å². The van der Waals surface area contributed by atoms with Gasteiger partial charge in [0.25, 0.3) is 5.91 Å². The topological polar surface area (TPSA) is 42.0 Å². The minimum Gasteiger partial charge on any atom is -0.346 e. The Kier molecular flexibility index (Phi) is 4.61. The zero-order valence-corrected chi connectivity index (χ0v) is 12.8. The maximum atomic E-state index is 11.9. The zero-order chi connectivity index (χ0) is 13.1. The van der Waals surface area contributed by atoms with Gasteiger partial charge >= 0.3 is 0 Å². The average molecular weight is 366 g/mol. The van der Waals surface area contributed by atoms with E-state index in [-0.39, 0.29) is 21.8 Å². The molecule has 0 aliphatic carbocycles. The third-order valence-corrected chi connectivity index (χ3v) is 4.29. The van der Waals surface area contributed by atoms with Gasteiger partial charge in [0.05, 0.1) is 11.6 Å². The first-order valence-corrected chi connectivity index (χ1v) is 7.32. The standard InChI is InChI=1S/C11H7BrCl2N2OS/c12-6-3-7(18-5-6)4-15-11(17)10-8(13)1-2-9(14)16-10/h1-3,5H,4H2,(H,15,17). The fraction of sp³-hybridized carbons (Fsp3) is 0.0909. The van der Waals surface area contributed by atoms with Crippen LogP contribution in [-0.2, 0) is 6.54 Å². The van der Waals surface area contributed by atoms with Gasteiger partial charge in [-0.15, -0.1) is 11.3 Å². The molecule has 0 aromatic carbocycles. The third-order valence-electron chi connectivity index (χ3n) is 2.07. The number of thiophene rings is 1. The molecule has 1 amide bonds. The summed E-state index contributed by atoms with van der Waals surface area (Å²) in [5.41, 5.74) is 0.139. The first kappa shape index (κ1) is 13.8. The van der Waals surface area contributed by atoms with Crippen LogP contribution in [0.2, 0.25) is 10.2 Å². The lowest BCUT2D eigenvalue weighted by Crippen LogP contribution is -2.23. The van der Waals surface area contributed by atoms with Gasteiger partial charge in [0.15, 0.2) is 0 Å². The molecule has 0 unspecified atom stereocenters. The smallest absolute Gasteiger partial charge is 0.271 e. The van der Waals surface area contributed by atoms with Gasteiger partial charge in [-0.1, -0.05) is 23.2 Å². The quantitative estimate of drug-likeness (QED) is 0.830. The van der Waals surface area contributed by atoms with Crippen molar-refractivity contribution in [2.45, 2.75) is 6.54 Å². The molecule has 0 radical (unpaired) electrons. The van der Waals surface area contributed by atoms with E-state index in [1.165, 1.54) is 6.07 Å². The van der Waals surface area contributed by atoms with Crippen molar-refractivity contribution in [1.82, 2.24) is 10.3 Å². The Morgan fingerprint density at radius 3 is 2.89 bits per heavy atom. The van der Waals surface area contributed by atoms with Crippen molar-refractivity contribution in [3.05, 3.63) is 48.8 Å². The Hall–Kier alpha value is -0.620. The molecule has 2 aromatic rings. The average Bonchev–Trinajstić information content (AvgIpc) is 2.75. The molecule has 0 bridgehead atoms. The van der Waals surface area contributed by atoms with Gasteiger partial charge in [-0.05, 0) is 34.1 Å². The highest BCUT2D eigenvalue weighted by molar-refractivity contribution is 9.10. The number of pyridine rings is 1. The lowest BCUT2D eigenvalue weighted by molar-refractivity contribution is 0.0946. The van der Waals surface area contributed by atoms with Crippen molar-refractivity contribution in [1.29, 1.82) is 0 Å². The van der Waals surface area contributed by atoms with Crippen LogP contribution in [0.25, 0.3) is 0 Å². The molecule has 2 aromatic heterocycles. The predicted molar refractivity (Wildman–Crippen MR) is 77.4 cm³/mol. The Balaban J connectivity index is 2.05. The fourth-order valence-electron chi connectivity index (χ4n) is 1.28. The van der Waals surface area contributed by atoms with Crippen LogP contribution < -0.4 is 5.32 Å². The van der Waals surface area contributed by atoms with Gasteiger partial charge in [-0.25, -0.2) is 4.98 Å². The lowest BCUT2D eigenvalue weighted by Gasteiger charge is -2.05. The van der Waals surface area contributed by atoms with Crippen molar-refractivity contribution in [3.63, 3.8) is 0 Å². The highest BCUT2D eigenvalue weighted by Gasteiger charge is 2.12. The summed E-state index contributed by atoms with van der Waals surface area (Å²) in [5.74, 6) is -0.341. The molecule has 18 heavy (non-hydrogen) atoms. The molecule has 0 saturated heterocycles. The van der Waals surface area contributed by atoms with Gasteiger partial charge in [-0.2, -0.15) is 0 Å². The molecule has 0 fully saturated rings. The molecule has 0 spiro atoms. The molecular formula is C11H7BrCl2N2OS. The van der Waals surface area contributed by atoms with E-state index in [0.717, 1.165) is 9.35 Å². The Bertz CT molecular complexity index is 588. The number of halogens is 3. The van der Waals surface area contributed by atoms with Crippen LogP contribution in [-0.4, -0.2) is 10.9 Å². The van der Waals surface area contributed by atoms with Gasteiger partial charge in [-0.3, -0.25) is 4.79 Å². The van der Waals surface area contributed by atoms with Gasteiger partial charge < -0.3 is 5.32 Å².